The summed E-state index contributed by atoms with van der Waals surface area (Å²) in [6.45, 7) is 0.251. The van der Waals surface area contributed by atoms with E-state index in [0.717, 1.165) is 23.3 Å². The molecule has 0 saturated heterocycles. The van der Waals surface area contributed by atoms with E-state index in [1.165, 1.54) is 24.2 Å². The van der Waals surface area contributed by atoms with Crippen LogP contribution in [0.2, 0.25) is 0 Å². The van der Waals surface area contributed by atoms with Crippen LogP contribution in [0.3, 0.4) is 0 Å². The lowest BCUT2D eigenvalue weighted by atomic mass is 10.1. The first kappa shape index (κ1) is 23.0. The molecule has 0 bridgehead atoms. The first-order chi connectivity index (χ1) is 14.3. The zero-order valence-electron chi connectivity index (χ0n) is 16.1. The molecule has 1 saturated carbocycles. The third kappa shape index (κ3) is 6.98. The summed E-state index contributed by atoms with van der Waals surface area (Å²) < 4.78 is 0. The van der Waals surface area contributed by atoms with Crippen molar-refractivity contribution < 1.29 is 29.4 Å². The summed E-state index contributed by atoms with van der Waals surface area (Å²) in [5.74, 6) is -4.33. The van der Waals surface area contributed by atoms with Crippen LogP contribution < -0.4 is 16.4 Å². The van der Waals surface area contributed by atoms with Crippen molar-refractivity contribution in [2.24, 2.45) is 5.73 Å². The number of amides is 2. The lowest BCUT2D eigenvalue weighted by molar-refractivity contribution is -0.159. The van der Waals surface area contributed by atoms with Crippen LogP contribution in [-0.2, 0) is 14.4 Å². The van der Waals surface area contributed by atoms with Crippen molar-refractivity contribution in [2.45, 2.75) is 31.7 Å². The monoisotopic (exact) mass is 433 g/mol. The molecule has 10 heteroatoms. The second-order valence-electron chi connectivity index (χ2n) is 6.60. The molecule has 160 valence electrons. The summed E-state index contributed by atoms with van der Waals surface area (Å²) in [5, 5.41) is 21.4. The second kappa shape index (κ2) is 11.1. The molecule has 1 aliphatic carbocycles. The number of carboxylic acids is 2. The molecule has 2 aromatic rings. The first-order valence-corrected chi connectivity index (χ1v) is 10.1. The average molecular weight is 433 g/mol. The third-order valence-corrected chi connectivity index (χ3v) is 5.50. The molecule has 9 nitrogen and oxygen atoms in total. The van der Waals surface area contributed by atoms with Crippen molar-refractivity contribution in [1.29, 1.82) is 0 Å². The van der Waals surface area contributed by atoms with Gasteiger partial charge in [-0.15, -0.1) is 11.3 Å². The van der Waals surface area contributed by atoms with E-state index in [4.69, 9.17) is 25.5 Å². The van der Waals surface area contributed by atoms with E-state index in [-0.39, 0.29) is 12.5 Å². The molecule has 0 radical (unpaired) electrons. The topological polar surface area (TPSA) is 159 Å². The summed E-state index contributed by atoms with van der Waals surface area (Å²) in [6, 6.07) is 11.9. The van der Waals surface area contributed by atoms with Crippen molar-refractivity contribution in [3.8, 4) is 10.4 Å². The number of rotatable bonds is 6. The molecule has 0 aliphatic heterocycles. The molecule has 0 atom stereocenters. The van der Waals surface area contributed by atoms with E-state index in [2.05, 4.69) is 10.6 Å². The number of carbonyl (C=O) groups is 4. The van der Waals surface area contributed by atoms with E-state index in [1.54, 1.807) is 6.07 Å². The molecule has 0 unspecified atom stereocenters. The predicted octanol–water partition coefficient (Wildman–Crippen LogP) is 2.14. The maximum Gasteiger partial charge on any atom is 0.414 e. The van der Waals surface area contributed by atoms with Crippen LogP contribution in [0, 0.1) is 0 Å². The van der Waals surface area contributed by atoms with Gasteiger partial charge in [0, 0.05) is 10.9 Å². The number of hydrogen-bond acceptors (Lipinski definition) is 6. The zero-order valence-corrected chi connectivity index (χ0v) is 16.9. The lowest BCUT2D eigenvalue weighted by Crippen LogP contribution is -2.34. The van der Waals surface area contributed by atoms with E-state index >= 15 is 0 Å². The highest BCUT2D eigenvalue weighted by atomic mass is 32.1. The van der Waals surface area contributed by atoms with Gasteiger partial charge in [0.25, 0.3) is 5.91 Å². The fraction of sp³-hybridized carbons (Fsp3) is 0.300. The van der Waals surface area contributed by atoms with Crippen molar-refractivity contribution >= 4 is 40.1 Å². The Bertz CT molecular complexity index is 895. The summed E-state index contributed by atoms with van der Waals surface area (Å²) in [5.41, 5.74) is 6.81. The van der Waals surface area contributed by atoms with Gasteiger partial charge in [-0.2, -0.15) is 0 Å². The van der Waals surface area contributed by atoms with Crippen LogP contribution in [0.25, 0.3) is 10.4 Å². The molecule has 1 aromatic carbocycles. The quantitative estimate of drug-likeness (QED) is 0.436. The number of nitrogens with one attached hydrogen (secondary N) is 2. The van der Waals surface area contributed by atoms with Crippen LogP contribution in [0.1, 0.15) is 36.0 Å². The van der Waals surface area contributed by atoms with Crippen LogP contribution >= 0.6 is 11.3 Å². The number of nitrogens with two attached hydrogens (primary N) is 1. The van der Waals surface area contributed by atoms with Crippen LogP contribution in [0.4, 0.5) is 5.00 Å². The fourth-order valence-electron chi connectivity index (χ4n) is 2.95. The molecule has 1 heterocycles. The highest BCUT2D eigenvalue weighted by Gasteiger charge is 2.19. The number of carbonyl (C=O) groups excluding carboxylic acids is 2. The molecule has 30 heavy (non-hydrogen) atoms. The number of anilines is 1. The predicted molar refractivity (Wildman–Crippen MR) is 112 cm³/mol. The Morgan fingerprint density at radius 2 is 1.63 bits per heavy atom. The van der Waals surface area contributed by atoms with Crippen LogP contribution in [0.15, 0.2) is 36.4 Å². The minimum atomic E-state index is -1.82. The van der Waals surface area contributed by atoms with E-state index in [1.807, 2.05) is 30.3 Å². The molecule has 2 amide bonds. The first-order valence-electron chi connectivity index (χ1n) is 9.26. The second-order valence-corrected chi connectivity index (χ2v) is 7.66. The fourth-order valence-corrected chi connectivity index (χ4v) is 4.03. The number of hydrogen-bond donors (Lipinski definition) is 5. The normalized spacial score (nSPS) is 13.2. The van der Waals surface area contributed by atoms with Crippen LogP contribution in [-0.4, -0.2) is 46.6 Å². The Hall–Kier alpha value is -3.24. The Morgan fingerprint density at radius 3 is 2.17 bits per heavy atom. The van der Waals surface area contributed by atoms with Gasteiger partial charge in [-0.05, 0) is 24.5 Å². The summed E-state index contributed by atoms with van der Waals surface area (Å²) >= 11 is 1.37. The molecule has 1 fully saturated rings. The minimum Gasteiger partial charge on any atom is -0.473 e. The van der Waals surface area contributed by atoms with Gasteiger partial charge in [-0.1, -0.05) is 43.2 Å². The number of benzene rings is 1. The molecule has 1 aliphatic rings. The standard InChI is InChI=1S/C18H21N3O2S.C2H2O4/c19-17(23)14-10-15(12-6-2-1-3-7-12)24-18(14)21-16(22)11-20-13-8-4-5-9-13;3-1(4)2(5)6/h1-3,6-7,10,13,20H,4-5,8-9,11H2,(H2,19,23)(H,21,22);(H,3,4)(H,5,6). The number of primary amides is 1. The number of thiophene rings is 1. The zero-order chi connectivity index (χ0) is 22.1. The minimum absolute atomic E-state index is 0.147. The SMILES string of the molecule is NC(=O)c1cc(-c2ccccc2)sc1NC(=O)CNC1CCCC1.O=C(O)C(=O)O. The highest BCUT2D eigenvalue weighted by molar-refractivity contribution is 7.20. The van der Waals surface area contributed by atoms with Gasteiger partial charge < -0.3 is 26.6 Å². The van der Waals surface area contributed by atoms with Gasteiger partial charge in [-0.25, -0.2) is 9.59 Å². The van der Waals surface area contributed by atoms with Gasteiger partial charge >= 0.3 is 11.9 Å². The van der Waals surface area contributed by atoms with Crippen molar-refractivity contribution in [3.63, 3.8) is 0 Å². The Morgan fingerprint density at radius 1 is 1.03 bits per heavy atom. The highest BCUT2D eigenvalue weighted by Crippen LogP contribution is 2.35. The molecule has 1 aromatic heterocycles. The van der Waals surface area contributed by atoms with Gasteiger partial charge in [0.1, 0.15) is 5.00 Å². The Kier molecular flexibility index (Phi) is 8.51. The third-order valence-electron chi connectivity index (χ3n) is 4.40. The summed E-state index contributed by atoms with van der Waals surface area (Å²) in [6.07, 6.45) is 4.68. The molecule has 6 N–H and O–H groups in total. The van der Waals surface area contributed by atoms with E-state index < -0.39 is 17.8 Å². The van der Waals surface area contributed by atoms with E-state index in [9.17, 15) is 9.59 Å². The van der Waals surface area contributed by atoms with Gasteiger partial charge in [0.15, 0.2) is 0 Å². The number of aliphatic carboxylic acids is 2. The van der Waals surface area contributed by atoms with Gasteiger partial charge in [-0.3, -0.25) is 9.59 Å². The number of carboxylic acid groups (broad SMARTS) is 2. The summed E-state index contributed by atoms with van der Waals surface area (Å²) in [4.78, 5) is 43.0. The molecule has 3 rings (SSSR count). The summed E-state index contributed by atoms with van der Waals surface area (Å²) in [7, 11) is 0. The molecule has 0 spiro atoms. The van der Waals surface area contributed by atoms with Gasteiger partial charge in [0.2, 0.25) is 5.91 Å². The van der Waals surface area contributed by atoms with Crippen molar-refractivity contribution in [2.75, 3.05) is 11.9 Å². The van der Waals surface area contributed by atoms with Crippen LogP contribution in [0.5, 0.6) is 0 Å². The maximum atomic E-state index is 12.2. The average Bonchev–Trinajstić information content (AvgIpc) is 3.37. The Balaban J connectivity index is 0.000000469. The largest absolute Gasteiger partial charge is 0.473 e. The molecular weight excluding hydrogens is 410 g/mol. The van der Waals surface area contributed by atoms with Crippen molar-refractivity contribution in [3.05, 3.63) is 42.0 Å². The molecular formula is C20H23N3O6S. The smallest absolute Gasteiger partial charge is 0.414 e. The lowest BCUT2D eigenvalue weighted by Gasteiger charge is -2.11. The van der Waals surface area contributed by atoms with Gasteiger partial charge in [0.05, 0.1) is 12.1 Å². The maximum absolute atomic E-state index is 12.2. The van der Waals surface area contributed by atoms with E-state index in [0.29, 0.717) is 16.6 Å². The van der Waals surface area contributed by atoms with Crippen molar-refractivity contribution in [1.82, 2.24) is 5.32 Å². The Labute approximate surface area is 176 Å².